The third kappa shape index (κ3) is 3.53. The van der Waals surface area contributed by atoms with Crippen molar-refractivity contribution in [2.45, 2.75) is 37.6 Å². The summed E-state index contributed by atoms with van der Waals surface area (Å²) in [6.07, 6.45) is 5.20. The quantitative estimate of drug-likeness (QED) is 0.609. The van der Waals surface area contributed by atoms with Gasteiger partial charge in [0.1, 0.15) is 0 Å². The molecule has 0 unspecified atom stereocenters. The molecule has 0 bridgehead atoms. The van der Waals surface area contributed by atoms with Gasteiger partial charge in [-0.1, -0.05) is 19.3 Å². The van der Waals surface area contributed by atoms with Gasteiger partial charge in [-0.15, -0.1) is 0 Å². The maximum Gasteiger partial charge on any atom is 0.276 e. The van der Waals surface area contributed by atoms with E-state index in [0.29, 0.717) is 6.54 Å². The van der Waals surface area contributed by atoms with Crippen LogP contribution in [0.5, 0.6) is 0 Å². The summed E-state index contributed by atoms with van der Waals surface area (Å²) in [4.78, 5) is 0. The van der Waals surface area contributed by atoms with Crippen LogP contribution in [0, 0.1) is 0 Å². The number of rotatable bonds is 4. The average molecular weight is 221 g/mol. The normalized spacial score (nSPS) is 22.1. The van der Waals surface area contributed by atoms with E-state index in [2.05, 4.69) is 9.44 Å². The maximum absolute atomic E-state index is 11.1. The zero-order chi connectivity index (χ0) is 10.7. The molecule has 0 aliphatic heterocycles. The van der Waals surface area contributed by atoms with Crippen molar-refractivity contribution >= 4 is 10.2 Å². The largest absolute Gasteiger partial charge is 0.324 e. The second-order valence-corrected chi connectivity index (χ2v) is 5.66. The van der Waals surface area contributed by atoms with Crippen molar-refractivity contribution in [3.8, 4) is 0 Å². The minimum absolute atomic E-state index is 0.330. The summed E-state index contributed by atoms with van der Waals surface area (Å²) in [5.74, 6) is 0. The molecule has 1 rings (SSSR count). The molecule has 1 aliphatic carbocycles. The zero-order valence-corrected chi connectivity index (χ0v) is 9.36. The molecule has 0 aromatic heterocycles. The predicted molar refractivity (Wildman–Crippen MR) is 56.0 cm³/mol. The highest BCUT2D eigenvalue weighted by molar-refractivity contribution is 7.87. The molecule has 0 aromatic carbocycles. The lowest BCUT2D eigenvalue weighted by Gasteiger charge is -2.33. The van der Waals surface area contributed by atoms with Gasteiger partial charge in [0.15, 0.2) is 0 Å². The van der Waals surface area contributed by atoms with Crippen LogP contribution in [0.25, 0.3) is 0 Å². The molecule has 4 N–H and O–H groups in total. The smallest absolute Gasteiger partial charge is 0.276 e. The molecular weight excluding hydrogens is 202 g/mol. The first kappa shape index (κ1) is 11.9. The first-order chi connectivity index (χ1) is 6.47. The van der Waals surface area contributed by atoms with Gasteiger partial charge < -0.3 is 5.73 Å². The lowest BCUT2D eigenvalue weighted by atomic mass is 9.83. The molecule has 0 spiro atoms. The Bertz CT molecular complexity index is 270. The number of hydrogen-bond donors (Lipinski definition) is 3. The van der Waals surface area contributed by atoms with E-state index >= 15 is 0 Å². The van der Waals surface area contributed by atoms with Crippen molar-refractivity contribution in [3.05, 3.63) is 0 Å². The van der Waals surface area contributed by atoms with E-state index in [1.807, 2.05) is 0 Å². The lowest BCUT2D eigenvalue weighted by molar-refractivity contribution is 0.296. The van der Waals surface area contributed by atoms with E-state index in [4.69, 9.17) is 5.73 Å². The Hall–Kier alpha value is -0.170. The van der Waals surface area contributed by atoms with Crippen LogP contribution in [-0.2, 0) is 10.2 Å². The fourth-order valence-corrected chi connectivity index (χ4v) is 2.37. The molecule has 1 aliphatic rings. The molecule has 5 nitrogen and oxygen atoms in total. The molecule has 1 saturated carbocycles. The minimum atomic E-state index is -3.34. The van der Waals surface area contributed by atoms with Crippen molar-refractivity contribution in [1.82, 2.24) is 9.44 Å². The Morgan fingerprint density at radius 3 is 2.36 bits per heavy atom. The van der Waals surface area contributed by atoms with Gasteiger partial charge in [0, 0.05) is 19.1 Å². The van der Waals surface area contributed by atoms with E-state index in [1.165, 1.54) is 13.5 Å². The topological polar surface area (TPSA) is 84.2 Å². The highest BCUT2D eigenvalue weighted by Crippen LogP contribution is 2.25. The van der Waals surface area contributed by atoms with Gasteiger partial charge >= 0.3 is 0 Å². The SMILES string of the molecule is CNS(=O)(=O)NCC1(N)CCCCC1. The Morgan fingerprint density at radius 2 is 1.86 bits per heavy atom. The van der Waals surface area contributed by atoms with Crippen LogP contribution in [0.4, 0.5) is 0 Å². The summed E-state index contributed by atoms with van der Waals surface area (Å²) in [5.41, 5.74) is 5.72. The summed E-state index contributed by atoms with van der Waals surface area (Å²) < 4.78 is 26.9. The third-order valence-corrected chi connectivity index (χ3v) is 3.79. The Labute approximate surface area is 85.6 Å². The van der Waals surface area contributed by atoms with Crippen LogP contribution in [0.1, 0.15) is 32.1 Å². The summed E-state index contributed by atoms with van der Waals surface area (Å²) in [5, 5.41) is 0. The van der Waals surface area contributed by atoms with Crippen molar-refractivity contribution < 1.29 is 8.42 Å². The second kappa shape index (κ2) is 4.57. The lowest BCUT2D eigenvalue weighted by Crippen LogP contribution is -2.52. The van der Waals surface area contributed by atoms with E-state index in [0.717, 1.165) is 25.7 Å². The van der Waals surface area contributed by atoms with Crippen LogP contribution >= 0.6 is 0 Å². The van der Waals surface area contributed by atoms with E-state index < -0.39 is 10.2 Å². The van der Waals surface area contributed by atoms with Crippen LogP contribution in [0.2, 0.25) is 0 Å². The van der Waals surface area contributed by atoms with Crippen molar-refractivity contribution in [2.24, 2.45) is 5.73 Å². The first-order valence-corrected chi connectivity index (χ1v) is 6.43. The van der Waals surface area contributed by atoms with E-state index in [1.54, 1.807) is 0 Å². The van der Waals surface area contributed by atoms with Gasteiger partial charge in [-0.05, 0) is 12.8 Å². The fourth-order valence-electron chi connectivity index (χ4n) is 1.74. The molecule has 0 aromatic rings. The molecule has 0 amide bonds. The Morgan fingerprint density at radius 1 is 1.29 bits per heavy atom. The summed E-state index contributed by atoms with van der Waals surface area (Å²) >= 11 is 0. The molecule has 1 fully saturated rings. The zero-order valence-electron chi connectivity index (χ0n) is 8.54. The first-order valence-electron chi connectivity index (χ1n) is 4.94. The maximum atomic E-state index is 11.1. The van der Waals surface area contributed by atoms with Crippen LogP contribution < -0.4 is 15.2 Å². The van der Waals surface area contributed by atoms with Crippen molar-refractivity contribution in [1.29, 1.82) is 0 Å². The summed E-state index contributed by atoms with van der Waals surface area (Å²) in [7, 11) is -1.96. The van der Waals surface area contributed by atoms with Gasteiger partial charge in [0.05, 0.1) is 0 Å². The molecule has 0 radical (unpaired) electrons. The molecular formula is C8H19N3O2S. The number of nitrogens with one attached hydrogen (secondary N) is 2. The van der Waals surface area contributed by atoms with Crippen LogP contribution in [-0.4, -0.2) is 27.5 Å². The Balaban J connectivity index is 2.43. The molecule has 6 heteroatoms. The van der Waals surface area contributed by atoms with E-state index in [-0.39, 0.29) is 5.54 Å². The average Bonchev–Trinajstić information content (AvgIpc) is 2.17. The molecule has 0 saturated heterocycles. The van der Waals surface area contributed by atoms with Crippen LogP contribution in [0.15, 0.2) is 0 Å². The van der Waals surface area contributed by atoms with Gasteiger partial charge in [0.2, 0.25) is 0 Å². The standard InChI is InChI=1S/C8H19N3O2S/c1-10-14(12,13)11-7-8(9)5-3-2-4-6-8/h10-11H,2-7,9H2,1H3. The summed E-state index contributed by atoms with van der Waals surface area (Å²) in [6.45, 7) is 0.330. The highest BCUT2D eigenvalue weighted by atomic mass is 32.2. The van der Waals surface area contributed by atoms with Gasteiger partial charge in [-0.2, -0.15) is 8.42 Å². The monoisotopic (exact) mass is 221 g/mol. The second-order valence-electron chi connectivity index (χ2n) is 3.95. The van der Waals surface area contributed by atoms with Crippen LogP contribution in [0.3, 0.4) is 0 Å². The number of nitrogens with two attached hydrogens (primary N) is 1. The van der Waals surface area contributed by atoms with Crippen molar-refractivity contribution in [2.75, 3.05) is 13.6 Å². The molecule has 14 heavy (non-hydrogen) atoms. The van der Waals surface area contributed by atoms with Gasteiger partial charge in [-0.3, -0.25) is 0 Å². The van der Waals surface area contributed by atoms with Gasteiger partial charge in [-0.25, -0.2) is 9.44 Å². The van der Waals surface area contributed by atoms with Gasteiger partial charge in [0.25, 0.3) is 10.2 Å². The van der Waals surface area contributed by atoms with E-state index in [9.17, 15) is 8.42 Å². The Kier molecular flexibility index (Phi) is 3.88. The fraction of sp³-hybridized carbons (Fsp3) is 1.00. The molecule has 0 atom stereocenters. The summed E-state index contributed by atoms with van der Waals surface area (Å²) in [6, 6.07) is 0. The number of hydrogen-bond acceptors (Lipinski definition) is 3. The highest BCUT2D eigenvalue weighted by Gasteiger charge is 2.28. The molecule has 84 valence electrons. The van der Waals surface area contributed by atoms with Crippen molar-refractivity contribution in [3.63, 3.8) is 0 Å². The predicted octanol–water partition coefficient (Wildman–Crippen LogP) is -0.298. The molecule has 0 heterocycles. The minimum Gasteiger partial charge on any atom is -0.324 e. The third-order valence-electron chi connectivity index (χ3n) is 2.73.